The number of amidine groups is 1. The van der Waals surface area contributed by atoms with Gasteiger partial charge in [0.15, 0.2) is 16.9 Å². The van der Waals surface area contributed by atoms with E-state index in [1.54, 1.807) is 4.90 Å². The molecule has 1 aliphatic heterocycles. The Kier molecular flexibility index (Phi) is 10.9. The summed E-state index contributed by atoms with van der Waals surface area (Å²) in [6.07, 6.45) is 6.90. The summed E-state index contributed by atoms with van der Waals surface area (Å²) < 4.78 is 15.3. The van der Waals surface area contributed by atoms with Crippen LogP contribution in [0.5, 0.6) is 0 Å². The molecule has 1 aliphatic carbocycles. The van der Waals surface area contributed by atoms with Gasteiger partial charge in [-0.3, -0.25) is 25.6 Å². The number of aliphatic hydroxyl groups excluding tert-OH is 1. The molecular formula is C21H34ClFN6O4. The zero-order chi connectivity index (χ0) is 24.4. The van der Waals surface area contributed by atoms with Gasteiger partial charge in [-0.1, -0.05) is 32.3 Å². The Morgan fingerprint density at radius 2 is 2.03 bits per heavy atom. The van der Waals surface area contributed by atoms with E-state index in [4.69, 9.17) is 17.3 Å². The highest BCUT2D eigenvalue weighted by Gasteiger charge is 2.29. The number of amides is 2. The number of rotatable bonds is 13. The van der Waals surface area contributed by atoms with Crippen LogP contribution in [-0.2, 0) is 9.59 Å². The molecule has 0 aromatic rings. The number of carbonyl (C=O) groups is 2. The van der Waals surface area contributed by atoms with Crippen LogP contribution in [0.3, 0.4) is 0 Å². The number of hydrogen-bond acceptors (Lipinski definition) is 7. The molecule has 2 rings (SSSR count). The monoisotopic (exact) mass is 488 g/mol. The number of hydrazine groups is 1. The molecule has 2 aliphatic rings. The van der Waals surface area contributed by atoms with Crippen molar-refractivity contribution < 1.29 is 24.3 Å². The van der Waals surface area contributed by atoms with E-state index in [2.05, 4.69) is 22.4 Å². The molecule has 12 heteroatoms. The molecular weight excluding hydrogens is 455 g/mol. The van der Waals surface area contributed by atoms with E-state index < -0.39 is 28.8 Å². The molecule has 0 radical (unpaired) electrons. The number of hydroxylamine groups is 2. The lowest BCUT2D eigenvalue weighted by atomic mass is 9.92. The Morgan fingerprint density at radius 3 is 2.64 bits per heavy atom. The molecule has 0 spiro atoms. The van der Waals surface area contributed by atoms with Crippen LogP contribution in [0.15, 0.2) is 28.9 Å². The van der Waals surface area contributed by atoms with Crippen molar-refractivity contribution in [2.75, 3.05) is 19.7 Å². The lowest BCUT2D eigenvalue weighted by Crippen LogP contribution is -2.44. The van der Waals surface area contributed by atoms with Gasteiger partial charge < -0.3 is 15.7 Å². The van der Waals surface area contributed by atoms with Gasteiger partial charge in [0.05, 0.1) is 18.2 Å². The van der Waals surface area contributed by atoms with Crippen LogP contribution in [0.25, 0.3) is 0 Å². The fraction of sp³-hybridized carbons (Fsp3) is 0.667. The van der Waals surface area contributed by atoms with Gasteiger partial charge in [-0.25, -0.2) is 9.45 Å². The predicted octanol–water partition coefficient (Wildman–Crippen LogP) is 1.70. The molecule has 1 heterocycles. The number of aliphatic hydroxyl groups is 1. The third-order valence-electron chi connectivity index (χ3n) is 6.16. The summed E-state index contributed by atoms with van der Waals surface area (Å²) in [5.41, 5.74) is 10.3. The summed E-state index contributed by atoms with van der Waals surface area (Å²) in [4.78, 5) is 29.1. The van der Waals surface area contributed by atoms with Crippen molar-refractivity contribution in [2.24, 2.45) is 22.6 Å². The standard InChI is InChI=1S/C21H34ClFN6O4/c1-14(29-9-4-7-17(29)8-10-30)18(23)19(25-21(22)24)26-27-20(32)16(12-28(33)13-31)11-15-5-2-3-6-15/h13,15-17,26,30,33H,1-12H2,(H2,24,25)(H,27,32)/b19-18-/t16-,17+/m1/s1. The highest BCUT2D eigenvalue weighted by atomic mass is 35.5. The van der Waals surface area contributed by atoms with E-state index in [1.807, 2.05) is 0 Å². The maximum Gasteiger partial charge on any atom is 0.243 e. The number of allylic oxidation sites excluding steroid dienone is 1. The number of carbonyl (C=O) groups excluding carboxylic acids is 2. The first-order chi connectivity index (χ1) is 15.8. The van der Waals surface area contributed by atoms with Crippen molar-refractivity contribution >= 4 is 29.2 Å². The minimum atomic E-state index is -0.854. The molecule has 186 valence electrons. The second kappa shape index (κ2) is 13.4. The molecule has 0 aromatic carbocycles. The van der Waals surface area contributed by atoms with Gasteiger partial charge in [0.1, 0.15) is 0 Å². The van der Waals surface area contributed by atoms with Crippen LogP contribution >= 0.6 is 11.6 Å². The minimum Gasteiger partial charge on any atom is -0.396 e. The molecule has 2 atom stereocenters. The summed E-state index contributed by atoms with van der Waals surface area (Å²) in [6, 6.07) is -0.0592. The van der Waals surface area contributed by atoms with Gasteiger partial charge in [0.2, 0.25) is 12.3 Å². The molecule has 0 bridgehead atoms. The minimum absolute atomic E-state index is 0.0290. The molecule has 6 N–H and O–H groups in total. The van der Waals surface area contributed by atoms with E-state index >= 15 is 4.39 Å². The van der Waals surface area contributed by atoms with E-state index in [9.17, 15) is 19.9 Å². The van der Waals surface area contributed by atoms with Gasteiger partial charge in [-0.05, 0) is 43.2 Å². The third kappa shape index (κ3) is 8.17. The lowest BCUT2D eigenvalue weighted by Gasteiger charge is -2.28. The van der Waals surface area contributed by atoms with Crippen LogP contribution in [-0.4, -0.2) is 63.6 Å². The van der Waals surface area contributed by atoms with Crippen molar-refractivity contribution in [3.63, 3.8) is 0 Å². The molecule has 10 nitrogen and oxygen atoms in total. The van der Waals surface area contributed by atoms with Crippen LogP contribution in [0.2, 0.25) is 0 Å². The Hall–Kier alpha value is -2.37. The van der Waals surface area contributed by atoms with Crippen LogP contribution in [0, 0.1) is 11.8 Å². The average Bonchev–Trinajstić information content (AvgIpc) is 3.47. The van der Waals surface area contributed by atoms with Gasteiger partial charge in [-0.2, -0.15) is 4.99 Å². The van der Waals surface area contributed by atoms with Crippen LogP contribution in [0.4, 0.5) is 4.39 Å². The molecule has 33 heavy (non-hydrogen) atoms. The lowest BCUT2D eigenvalue weighted by molar-refractivity contribution is -0.155. The van der Waals surface area contributed by atoms with Crippen molar-refractivity contribution in [2.45, 2.75) is 57.4 Å². The summed E-state index contributed by atoms with van der Waals surface area (Å²) in [6.45, 7) is 4.15. The van der Waals surface area contributed by atoms with Gasteiger partial charge >= 0.3 is 0 Å². The number of likely N-dealkylation sites (tertiary alicyclic amines) is 1. The quantitative estimate of drug-likeness (QED) is 0.0504. The summed E-state index contributed by atoms with van der Waals surface area (Å²) >= 11 is 5.66. The molecule has 0 aromatic heterocycles. The maximum atomic E-state index is 15.3. The number of hydrogen-bond donors (Lipinski definition) is 5. The second-order valence-electron chi connectivity index (χ2n) is 8.47. The van der Waals surface area contributed by atoms with Crippen LogP contribution in [0.1, 0.15) is 51.4 Å². The first-order valence-corrected chi connectivity index (χ1v) is 11.6. The summed E-state index contributed by atoms with van der Waals surface area (Å²) in [7, 11) is 0. The van der Waals surface area contributed by atoms with Crippen molar-refractivity contribution in [1.82, 2.24) is 20.8 Å². The molecule has 1 saturated carbocycles. The molecule has 2 fully saturated rings. The van der Waals surface area contributed by atoms with E-state index in [-0.39, 0.29) is 31.3 Å². The van der Waals surface area contributed by atoms with Crippen molar-refractivity contribution in [3.05, 3.63) is 23.9 Å². The Morgan fingerprint density at radius 1 is 1.33 bits per heavy atom. The normalized spacial score (nSPS) is 20.9. The number of nitrogens with zero attached hydrogens (tertiary/aromatic N) is 3. The molecule has 2 amide bonds. The maximum absolute atomic E-state index is 15.3. The van der Waals surface area contributed by atoms with Gasteiger partial charge in [0, 0.05) is 19.2 Å². The summed E-state index contributed by atoms with van der Waals surface area (Å²) in [5, 5.41) is 18.8. The third-order valence-corrected chi connectivity index (χ3v) is 6.25. The van der Waals surface area contributed by atoms with E-state index in [1.165, 1.54) is 0 Å². The number of nitrogens with two attached hydrogens (primary N) is 1. The van der Waals surface area contributed by atoms with Gasteiger partial charge in [-0.15, -0.1) is 0 Å². The van der Waals surface area contributed by atoms with Gasteiger partial charge in [0.25, 0.3) is 0 Å². The Labute approximate surface area is 198 Å². The first-order valence-electron chi connectivity index (χ1n) is 11.2. The first kappa shape index (κ1) is 26.9. The fourth-order valence-electron chi connectivity index (χ4n) is 4.55. The summed E-state index contributed by atoms with van der Waals surface area (Å²) in [5.74, 6) is -2.23. The van der Waals surface area contributed by atoms with Crippen molar-refractivity contribution in [1.29, 1.82) is 0 Å². The fourth-order valence-corrected chi connectivity index (χ4v) is 4.63. The zero-order valence-electron chi connectivity index (χ0n) is 18.7. The Bertz CT molecular complexity index is 755. The number of aliphatic imine (C=N–C) groups is 1. The largest absolute Gasteiger partial charge is 0.396 e. The van der Waals surface area contributed by atoms with Crippen molar-refractivity contribution in [3.8, 4) is 0 Å². The highest BCUT2D eigenvalue weighted by molar-refractivity contribution is 6.64. The number of halogens is 2. The SMILES string of the molecule is C=C(/C(F)=C(\N=C(N)Cl)NNC(=O)[C@H](CC1CCCC1)CN(O)C=O)N1CCC[C@H]1CCO. The van der Waals surface area contributed by atoms with Crippen LogP contribution < -0.4 is 16.6 Å². The highest BCUT2D eigenvalue weighted by Crippen LogP contribution is 2.31. The second-order valence-corrected chi connectivity index (χ2v) is 8.86. The van der Waals surface area contributed by atoms with E-state index in [0.29, 0.717) is 30.4 Å². The average molecular weight is 489 g/mol. The molecule has 0 unspecified atom stereocenters. The predicted molar refractivity (Wildman–Crippen MR) is 122 cm³/mol. The molecule has 1 saturated heterocycles. The topological polar surface area (TPSA) is 144 Å². The Balaban J connectivity index is 2.13. The van der Waals surface area contributed by atoms with E-state index in [0.717, 1.165) is 38.5 Å². The number of nitrogens with one attached hydrogen (secondary N) is 2. The zero-order valence-corrected chi connectivity index (χ0v) is 19.4. The smallest absolute Gasteiger partial charge is 0.243 e.